The van der Waals surface area contributed by atoms with E-state index < -0.39 is 16.2 Å². The molecule has 0 amide bonds. The van der Waals surface area contributed by atoms with Crippen molar-refractivity contribution in [3.8, 4) is 0 Å². The van der Waals surface area contributed by atoms with Crippen LogP contribution in [0.4, 0.5) is 0 Å². The predicted molar refractivity (Wildman–Crippen MR) is 19.0 cm³/mol. The van der Waals surface area contributed by atoms with Crippen molar-refractivity contribution in [2.75, 3.05) is 0 Å². The Bertz CT molecular complexity index is 40.7. The van der Waals surface area contributed by atoms with E-state index in [1.54, 1.807) is 0 Å². The molecule has 6 heavy (non-hydrogen) atoms. The van der Waals surface area contributed by atoms with Crippen LogP contribution in [0.25, 0.3) is 0 Å². The second kappa shape index (κ2) is 1.01. The molecule has 5 nitrogen and oxygen atoms in total. The van der Waals surface area contributed by atoms with Gasteiger partial charge in [-0.25, -0.2) is 0 Å². The summed E-state index contributed by atoms with van der Waals surface area (Å²) < 4.78 is 27.0. The molecule has 0 rings (SSSR count). The zero-order valence-electron chi connectivity index (χ0n) is 3.07. The van der Waals surface area contributed by atoms with Crippen LogP contribution in [0.2, 0.25) is 0 Å². The number of hydrogen-bond donors (Lipinski definition) is 5. The quantitative estimate of drug-likeness (QED) is 0.324. The van der Waals surface area contributed by atoms with E-state index in [4.69, 9.17) is 3.76 Å². The van der Waals surface area contributed by atoms with E-state index in [1.807, 2.05) is 0 Å². The maximum atomic E-state index is 8.28. The van der Waals surface area contributed by atoms with Crippen LogP contribution in [0.1, 0.15) is 0 Å². The fourth-order valence-corrected chi connectivity index (χ4v) is 0. The van der Waals surface area contributed by atoms with Gasteiger partial charge in [-0.3, -0.25) is 0 Å². The van der Waals surface area contributed by atoms with E-state index >= 15 is 0 Å². The van der Waals surface area contributed by atoms with E-state index in [-0.39, 0.29) is 0 Å². The van der Waals surface area contributed by atoms with E-state index in [1.165, 1.54) is 0 Å². The standard InChI is InChI=1S/4H2N.H2O.Pt/h5*1H2;/q4*-1;;+5/p-1. The summed E-state index contributed by atoms with van der Waals surface area (Å²) in [7, 11) is 0. The average molecular weight is 276 g/mol. The third-order valence-electron chi connectivity index (χ3n) is 0. The molecule has 9 N–H and O–H groups in total. The minimum absolute atomic E-state index is 4.55. The molecule has 0 unspecified atom stereocenters. The van der Waals surface area contributed by atoms with E-state index in [0.29, 0.717) is 0 Å². The van der Waals surface area contributed by atoms with Gasteiger partial charge in [0, 0.05) is 0 Å². The molecule has 0 aromatic carbocycles. The molecule has 0 atom stereocenters. The summed E-state index contributed by atoms with van der Waals surface area (Å²) in [5.41, 5.74) is 0. The third-order valence-corrected chi connectivity index (χ3v) is 0. The summed E-state index contributed by atoms with van der Waals surface area (Å²) in [5, 5.41) is 0. The van der Waals surface area contributed by atoms with Crippen molar-refractivity contribution in [2.24, 2.45) is 17.2 Å². The fourth-order valence-electron chi connectivity index (χ4n) is 0. The van der Waals surface area contributed by atoms with E-state index in [2.05, 4.69) is 17.2 Å². The van der Waals surface area contributed by atoms with Crippen molar-refractivity contribution in [3.63, 3.8) is 0 Å². The maximum absolute atomic E-state index is 8.28. The van der Waals surface area contributed by atoms with Gasteiger partial charge in [0.05, 0.1) is 0 Å². The molecule has 0 aromatic heterocycles. The summed E-state index contributed by atoms with van der Waals surface area (Å²) in [4.78, 5) is 0. The monoisotopic (exact) mass is 276 g/mol. The van der Waals surface area contributed by atoms with Gasteiger partial charge in [0.15, 0.2) is 0 Å². The molecule has 0 aromatic rings. The average Bonchev–Trinajstić information content (AvgIpc) is 0.650. The van der Waals surface area contributed by atoms with E-state index in [0.717, 1.165) is 0 Å². The van der Waals surface area contributed by atoms with Gasteiger partial charge in [0.1, 0.15) is 0 Å². The van der Waals surface area contributed by atoms with Gasteiger partial charge in [0.2, 0.25) is 0 Å². The molecule has 0 radical (unpaired) electrons. The molecule has 0 heterocycles. The summed E-state index contributed by atoms with van der Waals surface area (Å²) >= 11 is -4.55. The normalized spacial score (nSPS) is 19.2. The molecular formula is H9N4OPt. The molecule has 0 bridgehead atoms. The fraction of sp³-hybridized carbons (Fsp3) is 0. The first-order valence-electron chi connectivity index (χ1n) is 0.872. The Labute approximate surface area is 37.8 Å². The first kappa shape index (κ1) is 6.49. The molecule has 0 fully saturated rings. The van der Waals surface area contributed by atoms with Crippen molar-refractivity contribution >= 4 is 0 Å². The first-order chi connectivity index (χ1) is 2.24. The van der Waals surface area contributed by atoms with Crippen LogP contribution in [0.15, 0.2) is 0 Å². The molecule has 0 aliphatic heterocycles. The van der Waals surface area contributed by atoms with Gasteiger partial charge in [0.25, 0.3) is 0 Å². The molecule has 0 spiro atoms. The zero-order valence-corrected chi connectivity index (χ0v) is 5.35. The summed E-state index contributed by atoms with van der Waals surface area (Å²) in [6.07, 6.45) is 0. The minimum atomic E-state index is -4.55. The van der Waals surface area contributed by atoms with Gasteiger partial charge < -0.3 is 0 Å². The van der Waals surface area contributed by atoms with Crippen molar-refractivity contribution in [2.45, 2.75) is 0 Å². The number of rotatable bonds is 0. The molecular weight excluding hydrogens is 267 g/mol. The van der Waals surface area contributed by atoms with Gasteiger partial charge in [-0.05, 0) is 0 Å². The molecule has 0 saturated heterocycles. The van der Waals surface area contributed by atoms with Crippen molar-refractivity contribution in [1.82, 2.24) is 0 Å². The Morgan fingerprint density at radius 2 is 1.00 bits per heavy atom. The van der Waals surface area contributed by atoms with Crippen LogP contribution in [0.3, 0.4) is 0 Å². The summed E-state index contributed by atoms with van der Waals surface area (Å²) in [6.45, 7) is 0. The van der Waals surface area contributed by atoms with Crippen LogP contribution < -0.4 is 17.2 Å². The van der Waals surface area contributed by atoms with Crippen molar-refractivity contribution in [3.05, 3.63) is 0 Å². The van der Waals surface area contributed by atoms with Gasteiger partial charge in [-0.1, -0.05) is 0 Å². The Morgan fingerprint density at radius 3 is 1.00 bits per heavy atom. The molecule has 6 heteroatoms. The Morgan fingerprint density at radius 1 is 1.00 bits per heavy atom. The zero-order chi connectivity index (χ0) is 5.45. The second-order valence-electron chi connectivity index (χ2n) is 0.959. The van der Waals surface area contributed by atoms with Crippen LogP contribution in [-0.2, 0) is 16.2 Å². The second-order valence-corrected chi connectivity index (χ2v) is 7.85. The Kier molecular flexibility index (Phi) is 1.09. The van der Waals surface area contributed by atoms with Crippen molar-refractivity contribution in [1.29, 1.82) is 0 Å². The summed E-state index contributed by atoms with van der Waals surface area (Å²) in [6, 6.07) is 0. The number of hydrogen-bond acceptors (Lipinski definition) is 5. The van der Waals surface area contributed by atoms with Crippen LogP contribution in [0.5, 0.6) is 0 Å². The number of nitrogens with two attached hydrogens (primary N) is 4. The Hall–Kier alpha value is 0.488. The van der Waals surface area contributed by atoms with Gasteiger partial charge >= 0.3 is 37.1 Å². The summed E-state index contributed by atoms with van der Waals surface area (Å²) in [5.74, 6) is 0. The molecule has 0 aliphatic rings. The third kappa shape index (κ3) is 229. The van der Waals surface area contributed by atoms with Crippen LogP contribution in [0, 0.1) is 0 Å². The van der Waals surface area contributed by atoms with Gasteiger partial charge in [-0.15, -0.1) is 0 Å². The molecule has 0 saturated carbocycles. The molecule has 45 valence electrons. The van der Waals surface area contributed by atoms with Crippen LogP contribution >= 0.6 is 0 Å². The van der Waals surface area contributed by atoms with E-state index in [9.17, 15) is 0 Å². The van der Waals surface area contributed by atoms with Crippen molar-refractivity contribution < 1.29 is 20.0 Å². The Balaban J connectivity index is 3.73. The van der Waals surface area contributed by atoms with Crippen LogP contribution in [-0.4, -0.2) is 3.76 Å². The SMILES string of the molecule is [NH2][Pt]([NH2])([NH2])([NH2])[OH]. The molecule has 0 aliphatic carbocycles. The predicted octanol–water partition coefficient (Wildman–Crippen LogP) is -2.92. The van der Waals surface area contributed by atoms with Gasteiger partial charge in [-0.2, -0.15) is 0 Å². The first-order valence-corrected chi connectivity index (χ1v) is 7.14. The topological polar surface area (TPSA) is 124 Å².